The van der Waals surface area contributed by atoms with Crippen LogP contribution in [0, 0.1) is 0 Å². The molecule has 0 saturated carbocycles. The molecule has 0 aliphatic rings. The molecule has 2 aromatic carbocycles. The lowest BCUT2D eigenvalue weighted by atomic mass is 10.2. The minimum absolute atomic E-state index is 0.117. The summed E-state index contributed by atoms with van der Waals surface area (Å²) >= 11 is 15.5. The Morgan fingerprint density at radius 1 is 1.16 bits per heavy atom. The molecule has 4 aromatic rings. The number of ether oxygens (including phenoxy) is 1. The molecular weight excluding hydrogens is 507 g/mol. The van der Waals surface area contributed by atoms with Crippen molar-refractivity contribution < 1.29 is 13.9 Å². The van der Waals surface area contributed by atoms with E-state index in [0.717, 1.165) is 10.0 Å². The maximum Gasteiger partial charge on any atom is 0.293 e. The summed E-state index contributed by atoms with van der Waals surface area (Å²) in [5.74, 6) is 0.813. The molecule has 1 N–H and O–H groups in total. The van der Waals surface area contributed by atoms with Gasteiger partial charge in [-0.15, -0.1) is 5.10 Å². The summed E-state index contributed by atoms with van der Waals surface area (Å²) in [7, 11) is 0. The molecule has 2 heterocycles. The lowest BCUT2D eigenvalue weighted by molar-refractivity contribution is 0.0991. The lowest BCUT2D eigenvalue weighted by Gasteiger charge is -2.06. The largest absolute Gasteiger partial charge is 0.484 e. The highest BCUT2D eigenvalue weighted by atomic mass is 79.9. The van der Waals surface area contributed by atoms with Gasteiger partial charge in [-0.25, -0.2) is 9.67 Å². The Bertz CT molecular complexity index is 1220. The quantitative estimate of drug-likeness (QED) is 0.331. The van der Waals surface area contributed by atoms with Crippen LogP contribution in [-0.4, -0.2) is 20.7 Å². The van der Waals surface area contributed by atoms with E-state index < -0.39 is 5.91 Å². The van der Waals surface area contributed by atoms with Crippen LogP contribution in [0.25, 0.3) is 0 Å². The van der Waals surface area contributed by atoms with Crippen LogP contribution in [0.5, 0.6) is 5.75 Å². The van der Waals surface area contributed by atoms with E-state index in [-0.39, 0.29) is 18.3 Å². The fourth-order valence-electron chi connectivity index (χ4n) is 2.73. The Labute approximate surface area is 196 Å². The number of anilines is 1. The standard InChI is InChI=1S/C21H15BrCl2N4O3/c22-14-4-6-18(17(24)9-14)30-11-16-5-7-19(31-16)20(29)26-21-25-12-28(27-21)10-13-2-1-3-15(23)8-13/h1-9,12H,10-11H2,(H,26,27,29). The molecule has 4 rings (SSSR count). The highest BCUT2D eigenvalue weighted by Gasteiger charge is 2.14. The second-order valence-electron chi connectivity index (χ2n) is 6.48. The van der Waals surface area contributed by atoms with Crippen LogP contribution in [0.2, 0.25) is 10.0 Å². The number of nitrogens with one attached hydrogen (secondary N) is 1. The van der Waals surface area contributed by atoms with E-state index in [4.69, 9.17) is 32.4 Å². The number of amides is 1. The molecule has 0 atom stereocenters. The molecule has 10 heteroatoms. The predicted octanol–water partition coefficient (Wildman–Crippen LogP) is 5.82. The zero-order valence-electron chi connectivity index (χ0n) is 15.9. The first-order chi connectivity index (χ1) is 15.0. The molecule has 0 aliphatic carbocycles. The first-order valence-corrected chi connectivity index (χ1v) is 10.6. The molecule has 31 heavy (non-hydrogen) atoms. The molecule has 0 fully saturated rings. The van der Waals surface area contributed by atoms with Crippen molar-refractivity contribution in [2.24, 2.45) is 0 Å². The van der Waals surface area contributed by atoms with Gasteiger partial charge in [0.1, 0.15) is 24.4 Å². The van der Waals surface area contributed by atoms with Crippen LogP contribution in [0.1, 0.15) is 21.9 Å². The molecule has 0 spiro atoms. The molecule has 158 valence electrons. The summed E-state index contributed by atoms with van der Waals surface area (Å²) in [6, 6.07) is 15.9. The number of nitrogens with zero attached hydrogens (tertiary/aromatic N) is 3. The van der Waals surface area contributed by atoms with Gasteiger partial charge in [0.15, 0.2) is 5.76 Å². The van der Waals surface area contributed by atoms with Crippen LogP contribution >= 0.6 is 39.1 Å². The smallest absolute Gasteiger partial charge is 0.293 e. The lowest BCUT2D eigenvalue weighted by Crippen LogP contribution is -2.12. The fourth-order valence-corrected chi connectivity index (χ4v) is 3.67. The van der Waals surface area contributed by atoms with Gasteiger partial charge in [0.25, 0.3) is 5.91 Å². The zero-order chi connectivity index (χ0) is 21.8. The van der Waals surface area contributed by atoms with Crippen LogP contribution in [-0.2, 0) is 13.2 Å². The predicted molar refractivity (Wildman–Crippen MR) is 121 cm³/mol. The number of hydrogen-bond acceptors (Lipinski definition) is 5. The van der Waals surface area contributed by atoms with Gasteiger partial charge in [-0.2, -0.15) is 0 Å². The van der Waals surface area contributed by atoms with Gasteiger partial charge < -0.3 is 9.15 Å². The van der Waals surface area contributed by atoms with E-state index in [1.807, 2.05) is 24.3 Å². The number of carbonyl (C=O) groups is 1. The van der Waals surface area contributed by atoms with Crippen molar-refractivity contribution in [2.75, 3.05) is 5.32 Å². The first-order valence-electron chi connectivity index (χ1n) is 9.08. The summed E-state index contributed by atoms with van der Waals surface area (Å²) < 4.78 is 13.6. The number of carbonyl (C=O) groups excluding carboxylic acids is 1. The summed E-state index contributed by atoms with van der Waals surface area (Å²) in [4.78, 5) is 16.5. The van der Waals surface area contributed by atoms with Gasteiger partial charge in [0, 0.05) is 9.50 Å². The summed E-state index contributed by atoms with van der Waals surface area (Å²) in [6.07, 6.45) is 1.53. The van der Waals surface area contributed by atoms with E-state index in [9.17, 15) is 4.79 Å². The first kappa shape index (κ1) is 21.4. The fraction of sp³-hybridized carbons (Fsp3) is 0.0952. The van der Waals surface area contributed by atoms with Crippen molar-refractivity contribution in [3.8, 4) is 5.75 Å². The molecule has 0 saturated heterocycles. The molecule has 2 aromatic heterocycles. The second kappa shape index (κ2) is 9.55. The Morgan fingerprint density at radius 2 is 2.03 bits per heavy atom. The van der Waals surface area contributed by atoms with E-state index in [1.54, 1.807) is 35.0 Å². The minimum atomic E-state index is -0.464. The number of furan rings is 1. The number of halogens is 3. The Balaban J connectivity index is 1.34. The monoisotopic (exact) mass is 520 g/mol. The molecule has 0 radical (unpaired) electrons. The zero-order valence-corrected chi connectivity index (χ0v) is 19.0. The van der Waals surface area contributed by atoms with Crippen molar-refractivity contribution >= 4 is 51.0 Å². The molecule has 7 nitrogen and oxygen atoms in total. The van der Waals surface area contributed by atoms with E-state index in [2.05, 4.69) is 31.3 Å². The Hall–Kier alpha value is -2.81. The topological polar surface area (TPSA) is 82.2 Å². The van der Waals surface area contributed by atoms with Gasteiger partial charge in [-0.1, -0.05) is 51.3 Å². The molecule has 1 amide bonds. The Morgan fingerprint density at radius 3 is 2.84 bits per heavy atom. The number of hydrogen-bond donors (Lipinski definition) is 1. The molecule has 0 unspecified atom stereocenters. The van der Waals surface area contributed by atoms with E-state index in [0.29, 0.717) is 28.1 Å². The SMILES string of the molecule is O=C(Nc1ncn(Cc2cccc(Cl)c2)n1)c1ccc(COc2ccc(Br)cc2Cl)o1. The normalized spacial score (nSPS) is 10.8. The van der Waals surface area contributed by atoms with Crippen LogP contribution in [0.3, 0.4) is 0 Å². The molecular formula is C21H15BrCl2N4O3. The third kappa shape index (κ3) is 5.66. The number of benzene rings is 2. The van der Waals surface area contributed by atoms with Gasteiger partial charge in [-0.3, -0.25) is 10.1 Å². The van der Waals surface area contributed by atoms with Gasteiger partial charge in [-0.05, 0) is 48.0 Å². The van der Waals surface area contributed by atoms with Crippen molar-refractivity contribution in [3.05, 3.63) is 92.5 Å². The van der Waals surface area contributed by atoms with Crippen molar-refractivity contribution in [2.45, 2.75) is 13.2 Å². The van der Waals surface area contributed by atoms with Crippen molar-refractivity contribution in [3.63, 3.8) is 0 Å². The molecule has 0 bridgehead atoms. The number of aromatic nitrogens is 3. The average molecular weight is 522 g/mol. The van der Waals surface area contributed by atoms with Gasteiger partial charge in [0.2, 0.25) is 5.95 Å². The average Bonchev–Trinajstić information content (AvgIpc) is 3.37. The summed E-state index contributed by atoms with van der Waals surface area (Å²) in [5.41, 5.74) is 0.969. The highest BCUT2D eigenvalue weighted by molar-refractivity contribution is 9.10. The Kier molecular flexibility index (Phi) is 6.60. The van der Waals surface area contributed by atoms with E-state index in [1.165, 1.54) is 6.33 Å². The van der Waals surface area contributed by atoms with E-state index >= 15 is 0 Å². The van der Waals surface area contributed by atoms with Crippen molar-refractivity contribution in [1.82, 2.24) is 14.8 Å². The second-order valence-corrected chi connectivity index (χ2v) is 8.24. The third-order valence-corrected chi connectivity index (χ3v) is 5.17. The summed E-state index contributed by atoms with van der Waals surface area (Å²) in [6.45, 7) is 0.603. The third-order valence-electron chi connectivity index (χ3n) is 4.14. The van der Waals surface area contributed by atoms with Crippen molar-refractivity contribution in [1.29, 1.82) is 0 Å². The molecule has 0 aliphatic heterocycles. The highest BCUT2D eigenvalue weighted by Crippen LogP contribution is 2.28. The van der Waals surface area contributed by atoms with Crippen LogP contribution in [0.4, 0.5) is 5.95 Å². The number of rotatable bonds is 7. The van der Waals surface area contributed by atoms with Gasteiger partial charge >= 0.3 is 0 Å². The van der Waals surface area contributed by atoms with Gasteiger partial charge in [0.05, 0.1) is 11.6 Å². The summed E-state index contributed by atoms with van der Waals surface area (Å²) in [5, 5.41) is 7.97. The van der Waals surface area contributed by atoms with Crippen LogP contribution in [0.15, 0.2) is 69.8 Å². The van der Waals surface area contributed by atoms with Crippen LogP contribution < -0.4 is 10.1 Å². The maximum absolute atomic E-state index is 12.4. The maximum atomic E-state index is 12.4. The minimum Gasteiger partial charge on any atom is -0.484 e.